The average Bonchev–Trinajstić information content (AvgIpc) is 2.26. The van der Waals surface area contributed by atoms with Crippen molar-refractivity contribution in [1.29, 1.82) is 0 Å². The van der Waals surface area contributed by atoms with Crippen molar-refractivity contribution in [3.63, 3.8) is 0 Å². The van der Waals surface area contributed by atoms with Crippen LogP contribution < -0.4 is 5.32 Å². The third-order valence-corrected chi connectivity index (χ3v) is 2.12. The minimum Gasteiger partial charge on any atom is -0.319 e. The molecule has 0 heterocycles. The van der Waals surface area contributed by atoms with Crippen molar-refractivity contribution < 1.29 is 13.7 Å². The molecule has 0 amide bonds. The van der Waals surface area contributed by atoms with Crippen LogP contribution in [0.15, 0.2) is 18.2 Å². The number of benzene rings is 1. The maximum Gasteiger partial charge on any atom is 0.305 e. The summed E-state index contributed by atoms with van der Waals surface area (Å²) in [6.07, 6.45) is 3.72. The second kappa shape index (κ2) is 6.05. The Balaban J connectivity index is 2.95. The summed E-state index contributed by atoms with van der Waals surface area (Å²) in [5.41, 5.74) is -0.714. The zero-order valence-electron chi connectivity index (χ0n) is 9.24. The van der Waals surface area contributed by atoms with Gasteiger partial charge in [-0.1, -0.05) is 12.2 Å². The van der Waals surface area contributed by atoms with E-state index in [0.29, 0.717) is 19.0 Å². The zero-order chi connectivity index (χ0) is 12.8. The summed E-state index contributed by atoms with van der Waals surface area (Å²) >= 11 is 0. The molecule has 0 saturated heterocycles. The Morgan fingerprint density at radius 3 is 2.71 bits per heavy atom. The van der Waals surface area contributed by atoms with Gasteiger partial charge in [-0.15, -0.1) is 0 Å². The van der Waals surface area contributed by atoms with Crippen LogP contribution in [0.4, 0.5) is 14.5 Å². The van der Waals surface area contributed by atoms with E-state index in [0.717, 1.165) is 6.07 Å². The first-order chi connectivity index (χ1) is 8.06. The Bertz CT molecular complexity index is 447. The predicted octanol–water partition coefficient (Wildman–Crippen LogP) is 2.50. The van der Waals surface area contributed by atoms with Gasteiger partial charge < -0.3 is 5.32 Å². The first-order valence-corrected chi connectivity index (χ1v) is 5.01. The van der Waals surface area contributed by atoms with Crippen molar-refractivity contribution >= 4 is 11.8 Å². The molecule has 0 spiro atoms. The van der Waals surface area contributed by atoms with Crippen molar-refractivity contribution in [2.24, 2.45) is 0 Å². The van der Waals surface area contributed by atoms with Crippen molar-refractivity contribution in [3.8, 4) is 0 Å². The molecule has 17 heavy (non-hydrogen) atoms. The second-order valence-electron chi connectivity index (χ2n) is 3.38. The molecule has 0 bridgehead atoms. The fourth-order valence-electron chi connectivity index (χ4n) is 1.26. The summed E-state index contributed by atoms with van der Waals surface area (Å²) in [6.45, 7) is 0.710. The lowest BCUT2D eigenvalue weighted by Gasteiger charge is -1.99. The SMILES string of the molecule is CNCCC=Cc1cc([N+](=O)[O-])c(F)cc1F. The highest BCUT2D eigenvalue weighted by Crippen LogP contribution is 2.22. The minimum absolute atomic E-state index is 0.00852. The van der Waals surface area contributed by atoms with Crippen LogP contribution in [0.3, 0.4) is 0 Å². The lowest BCUT2D eigenvalue weighted by atomic mass is 10.1. The summed E-state index contributed by atoms with van der Waals surface area (Å²) in [7, 11) is 1.77. The van der Waals surface area contributed by atoms with Gasteiger partial charge in [0.15, 0.2) is 0 Å². The van der Waals surface area contributed by atoms with Crippen molar-refractivity contribution in [2.45, 2.75) is 6.42 Å². The van der Waals surface area contributed by atoms with Gasteiger partial charge in [0.2, 0.25) is 5.82 Å². The molecule has 0 aliphatic carbocycles. The third kappa shape index (κ3) is 3.60. The predicted molar refractivity (Wildman–Crippen MR) is 60.6 cm³/mol. The number of hydrogen-bond acceptors (Lipinski definition) is 3. The standard InChI is InChI=1S/C11H12F2N2O2/c1-14-5-3-2-4-8-6-11(15(16)17)10(13)7-9(8)12/h2,4,6-7,14H,3,5H2,1H3. The highest BCUT2D eigenvalue weighted by Gasteiger charge is 2.16. The molecule has 0 fully saturated rings. The molecule has 0 unspecified atom stereocenters. The maximum atomic E-state index is 13.3. The molecule has 0 aromatic heterocycles. The Morgan fingerprint density at radius 1 is 1.41 bits per heavy atom. The molecule has 0 radical (unpaired) electrons. The molecule has 4 nitrogen and oxygen atoms in total. The van der Waals surface area contributed by atoms with Gasteiger partial charge in [0, 0.05) is 17.7 Å². The molecule has 6 heteroatoms. The highest BCUT2D eigenvalue weighted by atomic mass is 19.1. The number of hydrogen-bond donors (Lipinski definition) is 1. The van der Waals surface area contributed by atoms with Crippen LogP contribution in [0.5, 0.6) is 0 Å². The molecule has 0 saturated carbocycles. The van der Waals surface area contributed by atoms with E-state index in [1.165, 1.54) is 6.08 Å². The van der Waals surface area contributed by atoms with E-state index >= 15 is 0 Å². The van der Waals surface area contributed by atoms with Crippen LogP contribution in [0.25, 0.3) is 6.08 Å². The lowest BCUT2D eigenvalue weighted by molar-refractivity contribution is -0.387. The van der Waals surface area contributed by atoms with E-state index in [1.54, 1.807) is 13.1 Å². The number of nitro benzene ring substituents is 1. The summed E-state index contributed by atoms with van der Waals surface area (Å²) in [5, 5.41) is 13.4. The van der Waals surface area contributed by atoms with E-state index < -0.39 is 22.2 Å². The first kappa shape index (κ1) is 13.2. The Hall–Kier alpha value is -1.82. The summed E-state index contributed by atoms with van der Waals surface area (Å²) in [5.74, 6) is -1.98. The van der Waals surface area contributed by atoms with Gasteiger partial charge in [0.1, 0.15) is 5.82 Å². The van der Waals surface area contributed by atoms with Crippen molar-refractivity contribution in [1.82, 2.24) is 5.32 Å². The van der Waals surface area contributed by atoms with Crippen LogP contribution in [-0.4, -0.2) is 18.5 Å². The smallest absolute Gasteiger partial charge is 0.305 e. The molecule has 0 aliphatic rings. The van der Waals surface area contributed by atoms with Crippen molar-refractivity contribution in [3.05, 3.63) is 45.5 Å². The quantitative estimate of drug-likeness (QED) is 0.490. The van der Waals surface area contributed by atoms with Crippen LogP contribution in [-0.2, 0) is 0 Å². The molecule has 0 atom stereocenters. The monoisotopic (exact) mass is 242 g/mol. The minimum atomic E-state index is -1.17. The van der Waals surface area contributed by atoms with Gasteiger partial charge in [-0.3, -0.25) is 10.1 Å². The normalized spacial score (nSPS) is 11.0. The largest absolute Gasteiger partial charge is 0.319 e. The van der Waals surface area contributed by atoms with E-state index in [4.69, 9.17) is 0 Å². The number of nitrogens with one attached hydrogen (secondary N) is 1. The van der Waals surface area contributed by atoms with Gasteiger partial charge in [0.05, 0.1) is 4.92 Å². The van der Waals surface area contributed by atoms with Crippen LogP contribution in [0.2, 0.25) is 0 Å². The van der Waals surface area contributed by atoms with Crippen LogP contribution in [0, 0.1) is 21.7 Å². The van der Waals surface area contributed by atoms with Crippen LogP contribution >= 0.6 is 0 Å². The van der Waals surface area contributed by atoms with Crippen molar-refractivity contribution in [2.75, 3.05) is 13.6 Å². The van der Waals surface area contributed by atoms with Gasteiger partial charge in [-0.05, 0) is 20.0 Å². The molecule has 1 aromatic carbocycles. The van der Waals surface area contributed by atoms with Gasteiger partial charge in [0.25, 0.3) is 0 Å². The molecule has 0 aliphatic heterocycles. The summed E-state index contributed by atoms with van der Waals surface area (Å²) in [4.78, 5) is 9.60. The topological polar surface area (TPSA) is 55.2 Å². The van der Waals surface area contributed by atoms with E-state index in [-0.39, 0.29) is 5.56 Å². The maximum absolute atomic E-state index is 13.3. The van der Waals surface area contributed by atoms with E-state index in [9.17, 15) is 18.9 Å². The highest BCUT2D eigenvalue weighted by molar-refractivity contribution is 5.54. The summed E-state index contributed by atoms with van der Waals surface area (Å²) < 4.78 is 26.3. The fraction of sp³-hybridized carbons (Fsp3) is 0.273. The Morgan fingerprint density at radius 2 is 2.12 bits per heavy atom. The molecule has 92 valence electrons. The number of nitrogens with zero attached hydrogens (tertiary/aromatic N) is 1. The molecule has 1 N–H and O–H groups in total. The first-order valence-electron chi connectivity index (χ1n) is 5.01. The number of rotatable bonds is 5. The molecule has 1 rings (SSSR count). The third-order valence-electron chi connectivity index (χ3n) is 2.12. The molecular formula is C11H12F2N2O2. The van der Waals surface area contributed by atoms with E-state index in [2.05, 4.69) is 5.32 Å². The Labute approximate surface area is 97.1 Å². The van der Waals surface area contributed by atoms with Gasteiger partial charge >= 0.3 is 5.69 Å². The molecular weight excluding hydrogens is 230 g/mol. The number of nitro groups is 1. The zero-order valence-corrected chi connectivity index (χ0v) is 9.24. The average molecular weight is 242 g/mol. The van der Waals surface area contributed by atoms with Gasteiger partial charge in [-0.25, -0.2) is 4.39 Å². The lowest BCUT2D eigenvalue weighted by Crippen LogP contribution is -2.05. The number of halogens is 2. The summed E-state index contributed by atoms with van der Waals surface area (Å²) in [6, 6.07) is 1.41. The Kier molecular flexibility index (Phi) is 4.71. The fourth-order valence-corrected chi connectivity index (χ4v) is 1.26. The molecule has 1 aromatic rings. The van der Waals surface area contributed by atoms with E-state index in [1.807, 2.05) is 0 Å². The van der Waals surface area contributed by atoms with Gasteiger partial charge in [-0.2, -0.15) is 4.39 Å². The van der Waals surface area contributed by atoms with Crippen LogP contribution in [0.1, 0.15) is 12.0 Å². The second-order valence-corrected chi connectivity index (χ2v) is 3.38.